The van der Waals surface area contributed by atoms with Crippen LogP contribution in [0.25, 0.3) is 0 Å². The highest BCUT2D eigenvalue weighted by Gasteiger charge is 2.39. The molecule has 2 heterocycles. The lowest BCUT2D eigenvalue weighted by Crippen LogP contribution is -2.51. The van der Waals surface area contributed by atoms with E-state index in [1.54, 1.807) is 4.90 Å². The van der Waals surface area contributed by atoms with Crippen LogP contribution in [0.3, 0.4) is 0 Å². The summed E-state index contributed by atoms with van der Waals surface area (Å²) >= 11 is 0. The van der Waals surface area contributed by atoms with Crippen LogP contribution in [0.4, 0.5) is 0 Å². The number of terminal acetylenes is 1. The summed E-state index contributed by atoms with van der Waals surface area (Å²) in [4.78, 5) is 22.7. The summed E-state index contributed by atoms with van der Waals surface area (Å²) in [7, 11) is 0. The molecule has 0 aromatic heterocycles. The monoisotopic (exact) mass is 497 g/mol. The van der Waals surface area contributed by atoms with Crippen LogP contribution in [0.5, 0.6) is 5.75 Å². The summed E-state index contributed by atoms with van der Waals surface area (Å²) in [5.41, 5.74) is 12.2. The Hall–Kier alpha value is -3.01. The zero-order valence-electron chi connectivity index (χ0n) is 23.2. The molecule has 0 bridgehead atoms. The number of aliphatic imine (C=N–C) groups is 2. The Balaban J connectivity index is 0.000000306. The van der Waals surface area contributed by atoms with Gasteiger partial charge in [-0.1, -0.05) is 66.2 Å². The number of nitrogens with two attached hydrogens (primary N) is 2. The maximum absolute atomic E-state index is 12.1. The second-order valence-corrected chi connectivity index (χ2v) is 10.2. The van der Waals surface area contributed by atoms with E-state index >= 15 is 0 Å². The molecule has 4 N–H and O–H groups in total. The van der Waals surface area contributed by atoms with Crippen molar-refractivity contribution in [2.75, 3.05) is 13.2 Å². The molecule has 0 unspecified atom stereocenters. The van der Waals surface area contributed by atoms with Gasteiger partial charge in [0.2, 0.25) is 5.91 Å². The van der Waals surface area contributed by atoms with Crippen LogP contribution >= 0.6 is 0 Å². The van der Waals surface area contributed by atoms with Crippen molar-refractivity contribution in [3.05, 3.63) is 29.8 Å². The predicted octanol–water partition coefficient (Wildman–Crippen LogP) is 5.30. The Morgan fingerprint density at radius 1 is 1.17 bits per heavy atom. The van der Waals surface area contributed by atoms with Crippen LogP contribution in [0.1, 0.15) is 91.7 Å². The van der Waals surface area contributed by atoms with E-state index in [2.05, 4.69) is 64.4 Å². The van der Waals surface area contributed by atoms with Crippen molar-refractivity contribution >= 4 is 18.2 Å². The number of rotatable bonds is 5. The van der Waals surface area contributed by atoms with Crippen molar-refractivity contribution in [3.63, 3.8) is 0 Å². The number of fused-ring (bicyclic) bond motifs is 1. The minimum Gasteiger partial charge on any atom is -0.493 e. The fraction of sp³-hybridized carbons (Fsp3) is 0.621. The van der Waals surface area contributed by atoms with Gasteiger partial charge >= 0.3 is 0 Å². The normalized spacial score (nSPS) is 21.2. The maximum Gasteiger partial charge on any atom is 0.231 e. The highest BCUT2D eigenvalue weighted by atomic mass is 16.5. The molecule has 1 fully saturated rings. The molecule has 1 atom stereocenters. The Labute approximate surface area is 218 Å². The Bertz CT molecular complexity index is 898. The molecule has 7 nitrogen and oxygen atoms in total. The SMILES string of the molecule is C#C.CC1(C)COc2ccccc2[C@H]1N=CN.CCC.CCC1(CC)CC(=O)N(CC2CC2)C(N)=N1. The molecule has 1 aromatic carbocycles. The number of nitrogens with zero attached hydrogens (tertiary/aromatic N) is 3. The Morgan fingerprint density at radius 3 is 2.25 bits per heavy atom. The van der Waals surface area contributed by atoms with E-state index in [-0.39, 0.29) is 22.9 Å². The molecular weight excluding hydrogens is 450 g/mol. The fourth-order valence-electron chi connectivity index (χ4n) is 4.23. The summed E-state index contributed by atoms with van der Waals surface area (Å²) in [5, 5.41) is 0. The second-order valence-electron chi connectivity index (χ2n) is 10.2. The van der Waals surface area contributed by atoms with Gasteiger partial charge in [-0.2, -0.15) is 0 Å². The highest BCUT2D eigenvalue weighted by molar-refractivity contribution is 5.99. The number of amides is 1. The van der Waals surface area contributed by atoms with Crippen molar-refractivity contribution in [2.45, 2.75) is 91.6 Å². The van der Waals surface area contributed by atoms with Gasteiger partial charge < -0.3 is 16.2 Å². The third-order valence-electron chi connectivity index (χ3n) is 6.65. The van der Waals surface area contributed by atoms with Gasteiger partial charge in [-0.3, -0.25) is 14.7 Å². The molecule has 7 heteroatoms. The molecule has 1 amide bonds. The van der Waals surface area contributed by atoms with Gasteiger partial charge in [-0.05, 0) is 37.7 Å². The van der Waals surface area contributed by atoms with Crippen LogP contribution in [0.15, 0.2) is 34.3 Å². The largest absolute Gasteiger partial charge is 0.493 e. The number of guanidine groups is 1. The summed E-state index contributed by atoms with van der Waals surface area (Å²) < 4.78 is 5.70. The number of carbonyl (C=O) groups is 1. The third kappa shape index (κ3) is 8.29. The van der Waals surface area contributed by atoms with Crippen molar-refractivity contribution in [2.24, 2.45) is 32.8 Å². The smallest absolute Gasteiger partial charge is 0.231 e. The summed E-state index contributed by atoms with van der Waals surface area (Å²) in [5.74, 6) is 2.18. The number of benzene rings is 1. The van der Waals surface area contributed by atoms with Crippen LogP contribution in [0, 0.1) is 24.2 Å². The van der Waals surface area contributed by atoms with Crippen LogP contribution < -0.4 is 16.2 Å². The van der Waals surface area contributed by atoms with E-state index in [4.69, 9.17) is 16.2 Å². The third-order valence-corrected chi connectivity index (χ3v) is 6.65. The standard InChI is InChI=1S/C12H21N3O.C12H16N2O.C3H8.C2H2/c1-3-12(4-2)7-10(16)15(11(13)14-12)8-9-5-6-9;1-12(2)7-15-10-6-4-3-5-9(10)11(12)14-8-13;1-3-2;1-2/h9H,3-8H2,1-2H3,(H2,13,14);3-6,8,11H,7H2,1-2H3,(H2,13,14);3H2,1-2H3;1-2H/t;11-;;/m.1../s1. The molecule has 1 aliphatic carbocycles. The topological polar surface area (TPSA) is 106 Å². The lowest BCUT2D eigenvalue weighted by molar-refractivity contribution is -0.129. The average molecular weight is 498 g/mol. The lowest BCUT2D eigenvalue weighted by Gasteiger charge is -2.37. The Morgan fingerprint density at radius 2 is 1.75 bits per heavy atom. The maximum atomic E-state index is 12.1. The van der Waals surface area contributed by atoms with Crippen molar-refractivity contribution < 1.29 is 9.53 Å². The first-order valence-electron chi connectivity index (χ1n) is 13.1. The number of hydrogen-bond acceptors (Lipinski definition) is 5. The first kappa shape index (κ1) is 31.0. The minimum absolute atomic E-state index is 0.00970. The summed E-state index contributed by atoms with van der Waals surface area (Å²) in [6.45, 7) is 14.1. The second kappa shape index (κ2) is 14.5. The van der Waals surface area contributed by atoms with E-state index in [1.165, 1.54) is 25.6 Å². The van der Waals surface area contributed by atoms with Crippen molar-refractivity contribution in [1.29, 1.82) is 0 Å². The molecule has 1 saturated carbocycles. The first-order chi connectivity index (χ1) is 17.2. The number of hydrogen-bond donors (Lipinski definition) is 2. The van der Waals surface area contributed by atoms with Gasteiger partial charge in [-0.25, -0.2) is 4.99 Å². The first-order valence-corrected chi connectivity index (χ1v) is 13.1. The van der Waals surface area contributed by atoms with Crippen molar-refractivity contribution in [1.82, 2.24) is 4.90 Å². The van der Waals surface area contributed by atoms with Crippen molar-refractivity contribution in [3.8, 4) is 18.6 Å². The van der Waals surface area contributed by atoms with E-state index in [0.717, 1.165) is 30.7 Å². The highest BCUT2D eigenvalue weighted by Crippen LogP contribution is 2.44. The lowest BCUT2D eigenvalue weighted by atomic mass is 9.79. The molecule has 2 aliphatic heterocycles. The van der Waals surface area contributed by atoms with Crippen LogP contribution in [-0.2, 0) is 4.79 Å². The van der Waals surface area contributed by atoms with Gasteiger partial charge in [0.25, 0.3) is 0 Å². The van der Waals surface area contributed by atoms with Crippen LogP contribution in [0.2, 0.25) is 0 Å². The molecule has 0 saturated heterocycles. The number of ether oxygens (including phenoxy) is 1. The molecule has 3 aliphatic rings. The van der Waals surface area contributed by atoms with Crippen LogP contribution in [-0.4, -0.2) is 41.8 Å². The average Bonchev–Trinajstić information content (AvgIpc) is 3.70. The number of carbonyl (C=O) groups excluding carboxylic acids is 1. The summed E-state index contributed by atoms with van der Waals surface area (Å²) in [6, 6.07) is 8.09. The number of para-hydroxylation sites is 1. The quantitative estimate of drug-likeness (QED) is 0.327. The zero-order valence-corrected chi connectivity index (χ0v) is 23.2. The van der Waals surface area contributed by atoms with E-state index in [9.17, 15) is 4.79 Å². The van der Waals surface area contributed by atoms with Gasteiger partial charge in [0.1, 0.15) is 5.75 Å². The van der Waals surface area contributed by atoms with Gasteiger partial charge in [-0.15, -0.1) is 12.8 Å². The zero-order chi connectivity index (χ0) is 27.4. The summed E-state index contributed by atoms with van der Waals surface area (Å²) in [6.07, 6.45) is 15.4. The molecule has 0 spiro atoms. The minimum atomic E-state index is -0.235. The molecule has 4 rings (SSSR count). The van der Waals surface area contributed by atoms with E-state index < -0.39 is 0 Å². The van der Waals surface area contributed by atoms with E-state index in [1.807, 2.05) is 24.3 Å². The predicted molar refractivity (Wildman–Crippen MR) is 151 cm³/mol. The van der Waals surface area contributed by atoms with Gasteiger partial charge in [0.05, 0.1) is 30.9 Å². The molecular formula is C29H47N5O2. The molecule has 1 aromatic rings. The molecule has 36 heavy (non-hydrogen) atoms. The molecule has 0 radical (unpaired) electrons. The van der Waals surface area contributed by atoms with Gasteiger partial charge in [0.15, 0.2) is 5.96 Å². The van der Waals surface area contributed by atoms with Gasteiger partial charge in [0, 0.05) is 17.5 Å². The fourth-order valence-corrected chi connectivity index (χ4v) is 4.23. The van der Waals surface area contributed by atoms with E-state index in [0.29, 0.717) is 24.9 Å². The molecule has 200 valence electrons. The Kier molecular flexibility index (Phi) is 12.5.